The fourth-order valence-electron chi connectivity index (χ4n) is 0.846. The molecule has 3 nitrogen and oxygen atoms in total. The molecule has 0 unspecified atom stereocenters. The van der Waals surface area contributed by atoms with Crippen LogP contribution >= 0.6 is 23.1 Å². The van der Waals surface area contributed by atoms with Crippen LogP contribution in [0.15, 0.2) is 0 Å². The summed E-state index contributed by atoms with van der Waals surface area (Å²) in [6.07, 6.45) is 1.97. The maximum atomic E-state index is 5.83. The van der Waals surface area contributed by atoms with Gasteiger partial charge in [0.2, 0.25) is 0 Å². The van der Waals surface area contributed by atoms with E-state index in [1.54, 1.807) is 0 Å². The molecular formula is C5H6ClN3S. The largest absolute Gasteiger partial charge is 0.320 e. The maximum absolute atomic E-state index is 5.83. The summed E-state index contributed by atoms with van der Waals surface area (Å²) in [7, 11) is 0. The smallest absolute Gasteiger partial charge is 0.139 e. The molecule has 54 valence electrons. The van der Waals surface area contributed by atoms with E-state index in [0.29, 0.717) is 4.34 Å². The molecule has 1 heterocycles. The monoisotopic (exact) mass is 175 g/mol. The first-order valence-corrected chi connectivity index (χ1v) is 4.15. The number of hydrogen-bond donors (Lipinski definition) is 1. The minimum absolute atomic E-state index is 0.232. The molecule has 1 fully saturated rings. The molecule has 5 heteroatoms. The highest BCUT2D eigenvalue weighted by molar-refractivity contribution is 7.10. The Kier molecular flexibility index (Phi) is 1.24. The van der Waals surface area contributed by atoms with Gasteiger partial charge in [0, 0.05) is 11.5 Å². The van der Waals surface area contributed by atoms with Crippen LogP contribution in [0.3, 0.4) is 0 Å². The summed E-state index contributed by atoms with van der Waals surface area (Å²) in [6, 6.07) is 0. The number of nitrogens with zero attached hydrogens (tertiary/aromatic N) is 2. The molecule has 0 spiro atoms. The topological polar surface area (TPSA) is 51.8 Å². The van der Waals surface area contributed by atoms with Gasteiger partial charge in [0.25, 0.3) is 0 Å². The van der Waals surface area contributed by atoms with Crippen LogP contribution in [-0.4, -0.2) is 9.59 Å². The highest BCUT2D eigenvalue weighted by Crippen LogP contribution is 2.44. The molecule has 0 aliphatic heterocycles. The van der Waals surface area contributed by atoms with Gasteiger partial charge in [-0.2, -0.15) is 0 Å². The van der Waals surface area contributed by atoms with Crippen LogP contribution < -0.4 is 5.73 Å². The SMILES string of the molecule is NC1(c2nnsc2Cl)CC1. The quantitative estimate of drug-likeness (QED) is 0.697. The Hall–Kier alpha value is -0.190. The molecule has 2 rings (SSSR count). The van der Waals surface area contributed by atoms with Crippen molar-refractivity contribution in [3.63, 3.8) is 0 Å². The lowest BCUT2D eigenvalue weighted by atomic mass is 10.2. The van der Waals surface area contributed by atoms with E-state index >= 15 is 0 Å². The molecule has 10 heavy (non-hydrogen) atoms. The van der Waals surface area contributed by atoms with E-state index in [4.69, 9.17) is 17.3 Å². The van der Waals surface area contributed by atoms with Crippen molar-refractivity contribution in [2.45, 2.75) is 18.4 Å². The lowest BCUT2D eigenvalue weighted by molar-refractivity contribution is 0.703. The summed E-state index contributed by atoms with van der Waals surface area (Å²) in [5.74, 6) is 0. The third-order valence-corrected chi connectivity index (χ3v) is 2.61. The Morgan fingerprint density at radius 3 is 2.70 bits per heavy atom. The molecule has 0 aromatic carbocycles. The first-order valence-electron chi connectivity index (χ1n) is 3.00. The Balaban J connectivity index is 2.42. The van der Waals surface area contributed by atoms with Crippen molar-refractivity contribution in [1.82, 2.24) is 9.59 Å². The van der Waals surface area contributed by atoms with Crippen LogP contribution in [-0.2, 0) is 5.54 Å². The van der Waals surface area contributed by atoms with E-state index in [1.807, 2.05) is 0 Å². The van der Waals surface area contributed by atoms with E-state index in [1.165, 1.54) is 11.5 Å². The van der Waals surface area contributed by atoms with Crippen LogP contribution in [0.25, 0.3) is 0 Å². The fraction of sp³-hybridized carbons (Fsp3) is 0.600. The fourth-order valence-corrected chi connectivity index (χ4v) is 1.69. The number of nitrogens with two attached hydrogens (primary N) is 1. The number of halogens is 1. The molecule has 0 saturated heterocycles. The second-order valence-electron chi connectivity index (χ2n) is 2.55. The molecule has 1 aromatic rings. The van der Waals surface area contributed by atoms with Crippen molar-refractivity contribution in [3.8, 4) is 0 Å². The minimum atomic E-state index is -0.232. The Bertz CT molecular complexity index is 255. The van der Waals surface area contributed by atoms with Crippen molar-refractivity contribution in [2.24, 2.45) is 5.73 Å². The molecular weight excluding hydrogens is 170 g/mol. The van der Waals surface area contributed by atoms with Gasteiger partial charge in [0.15, 0.2) is 0 Å². The van der Waals surface area contributed by atoms with E-state index in [0.717, 1.165) is 18.5 Å². The van der Waals surface area contributed by atoms with Crippen LogP contribution in [0.5, 0.6) is 0 Å². The molecule has 1 aliphatic rings. The van der Waals surface area contributed by atoms with Gasteiger partial charge < -0.3 is 5.73 Å². The van der Waals surface area contributed by atoms with Crippen molar-refractivity contribution >= 4 is 23.1 Å². The van der Waals surface area contributed by atoms with Gasteiger partial charge in [-0.15, -0.1) is 5.10 Å². The molecule has 0 bridgehead atoms. The van der Waals surface area contributed by atoms with E-state index in [-0.39, 0.29) is 5.54 Å². The van der Waals surface area contributed by atoms with Crippen molar-refractivity contribution in [3.05, 3.63) is 10.0 Å². The van der Waals surface area contributed by atoms with Crippen LogP contribution in [0.1, 0.15) is 18.5 Å². The lowest BCUT2D eigenvalue weighted by Crippen LogP contribution is -2.19. The van der Waals surface area contributed by atoms with Gasteiger partial charge in [-0.3, -0.25) is 0 Å². The van der Waals surface area contributed by atoms with E-state index in [2.05, 4.69) is 9.59 Å². The summed E-state index contributed by atoms with van der Waals surface area (Å²) >= 11 is 6.97. The molecule has 2 N–H and O–H groups in total. The van der Waals surface area contributed by atoms with Crippen LogP contribution in [0.2, 0.25) is 4.34 Å². The number of hydrogen-bond acceptors (Lipinski definition) is 4. The normalized spacial score (nSPS) is 21.0. The summed E-state index contributed by atoms with van der Waals surface area (Å²) in [5, 5.41) is 3.86. The van der Waals surface area contributed by atoms with Gasteiger partial charge >= 0.3 is 0 Å². The van der Waals surface area contributed by atoms with Gasteiger partial charge in [-0.25, -0.2) is 0 Å². The minimum Gasteiger partial charge on any atom is -0.320 e. The second-order valence-corrected chi connectivity index (χ2v) is 3.91. The van der Waals surface area contributed by atoms with Crippen LogP contribution in [0.4, 0.5) is 0 Å². The summed E-state index contributed by atoms with van der Waals surface area (Å²) in [4.78, 5) is 0. The van der Waals surface area contributed by atoms with Crippen molar-refractivity contribution < 1.29 is 0 Å². The summed E-state index contributed by atoms with van der Waals surface area (Å²) in [5.41, 5.74) is 6.38. The van der Waals surface area contributed by atoms with Crippen molar-refractivity contribution in [1.29, 1.82) is 0 Å². The highest BCUT2D eigenvalue weighted by Gasteiger charge is 2.44. The zero-order valence-electron chi connectivity index (χ0n) is 5.17. The summed E-state index contributed by atoms with van der Waals surface area (Å²) in [6.45, 7) is 0. The Morgan fingerprint density at radius 2 is 2.30 bits per heavy atom. The first-order chi connectivity index (χ1) is 4.72. The van der Waals surface area contributed by atoms with E-state index < -0.39 is 0 Å². The zero-order chi connectivity index (χ0) is 7.19. The molecule has 0 radical (unpaired) electrons. The molecule has 0 atom stereocenters. The molecule has 0 amide bonds. The molecule has 1 aromatic heterocycles. The maximum Gasteiger partial charge on any atom is 0.139 e. The molecule has 1 aliphatic carbocycles. The van der Waals surface area contributed by atoms with Crippen LogP contribution in [0, 0.1) is 0 Å². The average Bonchev–Trinajstić information content (AvgIpc) is 2.44. The Morgan fingerprint density at radius 1 is 1.60 bits per heavy atom. The molecule has 1 saturated carbocycles. The highest BCUT2D eigenvalue weighted by atomic mass is 35.5. The summed E-state index contributed by atoms with van der Waals surface area (Å²) < 4.78 is 4.35. The number of rotatable bonds is 1. The van der Waals surface area contributed by atoms with Gasteiger partial charge in [0.05, 0.1) is 5.54 Å². The average molecular weight is 176 g/mol. The Labute approximate surface area is 67.4 Å². The lowest BCUT2D eigenvalue weighted by Gasteiger charge is -2.01. The predicted octanol–water partition coefficient (Wildman–Crippen LogP) is 1.14. The predicted molar refractivity (Wildman–Crippen MR) is 40.0 cm³/mol. The number of aromatic nitrogens is 2. The van der Waals surface area contributed by atoms with E-state index in [9.17, 15) is 0 Å². The van der Waals surface area contributed by atoms with Gasteiger partial charge in [0.1, 0.15) is 10.0 Å². The standard InChI is InChI=1S/C5H6ClN3S/c6-4-3(8-9-10-4)5(7)1-2-5/h1-2,7H2. The first kappa shape index (κ1) is 6.52. The second kappa shape index (κ2) is 1.90. The van der Waals surface area contributed by atoms with Gasteiger partial charge in [-0.05, 0) is 12.8 Å². The third kappa shape index (κ3) is 0.836. The third-order valence-electron chi connectivity index (χ3n) is 1.71. The van der Waals surface area contributed by atoms with Crippen molar-refractivity contribution in [2.75, 3.05) is 0 Å². The zero-order valence-corrected chi connectivity index (χ0v) is 6.74. The van der Waals surface area contributed by atoms with Gasteiger partial charge in [-0.1, -0.05) is 16.1 Å².